The van der Waals surface area contributed by atoms with Crippen molar-refractivity contribution in [1.82, 2.24) is 15.2 Å². The zero-order chi connectivity index (χ0) is 9.97. The Balaban J connectivity index is 2.14. The van der Waals surface area contributed by atoms with Crippen molar-refractivity contribution in [3.8, 4) is 0 Å². The molecule has 14 heavy (non-hydrogen) atoms. The minimum Gasteiger partial charge on any atom is -0.475 e. The largest absolute Gasteiger partial charge is 0.475 e. The minimum atomic E-state index is -1.11. The number of carboxylic acid groups (broad SMARTS) is 1. The fourth-order valence-electron chi connectivity index (χ4n) is 1.05. The van der Waals surface area contributed by atoms with Crippen molar-refractivity contribution in [2.45, 2.75) is 6.42 Å². The van der Waals surface area contributed by atoms with Gasteiger partial charge in [0.05, 0.1) is 0 Å². The van der Waals surface area contributed by atoms with Crippen molar-refractivity contribution >= 4 is 17.3 Å². The lowest BCUT2D eigenvalue weighted by Gasteiger charge is -1.89. The number of aromatic amines is 1. The van der Waals surface area contributed by atoms with Gasteiger partial charge in [-0.15, -0.1) is 16.4 Å². The second kappa shape index (κ2) is 3.59. The Morgan fingerprint density at radius 3 is 3.07 bits per heavy atom. The molecule has 0 atom stereocenters. The van der Waals surface area contributed by atoms with Gasteiger partial charge < -0.3 is 5.11 Å². The minimum absolute atomic E-state index is 0.184. The third-order valence-corrected chi connectivity index (χ3v) is 2.52. The van der Waals surface area contributed by atoms with Crippen molar-refractivity contribution in [2.75, 3.05) is 0 Å². The third kappa shape index (κ3) is 1.80. The lowest BCUT2D eigenvalue weighted by molar-refractivity contribution is 0.0684. The molecule has 0 saturated heterocycles. The fraction of sp³-hybridized carbons (Fsp3) is 0.125. The van der Waals surface area contributed by atoms with Gasteiger partial charge in [0.2, 0.25) is 0 Å². The Labute approximate surface area is 83.4 Å². The maximum absolute atomic E-state index is 10.5. The molecule has 0 amide bonds. The molecule has 0 unspecified atom stereocenters. The highest BCUT2D eigenvalue weighted by Crippen LogP contribution is 2.11. The molecule has 72 valence electrons. The summed E-state index contributed by atoms with van der Waals surface area (Å²) in [6.07, 6.45) is 0.595. The Morgan fingerprint density at radius 2 is 2.50 bits per heavy atom. The first-order valence-corrected chi connectivity index (χ1v) is 4.80. The fourth-order valence-corrected chi connectivity index (χ4v) is 1.76. The summed E-state index contributed by atoms with van der Waals surface area (Å²) in [5, 5.41) is 16.7. The van der Waals surface area contributed by atoms with Gasteiger partial charge >= 0.3 is 5.97 Å². The number of carboxylic acids is 1. The maximum Gasteiger partial charge on any atom is 0.375 e. The standard InChI is InChI=1S/C8H7N3O2S/c12-8(13)7-9-6(10-11-7)4-5-2-1-3-14-5/h1-3H,4H2,(H,12,13)(H,9,10,11). The zero-order valence-corrected chi connectivity index (χ0v) is 7.91. The number of hydrogen-bond acceptors (Lipinski definition) is 4. The van der Waals surface area contributed by atoms with Crippen LogP contribution < -0.4 is 0 Å². The molecule has 2 aromatic rings. The average molecular weight is 209 g/mol. The van der Waals surface area contributed by atoms with Crippen LogP contribution in [0.2, 0.25) is 0 Å². The van der Waals surface area contributed by atoms with Crippen LogP contribution in [-0.2, 0) is 6.42 Å². The third-order valence-electron chi connectivity index (χ3n) is 1.64. The Hall–Kier alpha value is -1.69. The highest BCUT2D eigenvalue weighted by atomic mass is 32.1. The van der Waals surface area contributed by atoms with Crippen molar-refractivity contribution in [1.29, 1.82) is 0 Å². The van der Waals surface area contributed by atoms with E-state index in [1.165, 1.54) is 0 Å². The SMILES string of the molecule is O=C(O)c1n[nH]c(Cc2cccs2)n1. The Kier molecular flexibility index (Phi) is 2.28. The quantitative estimate of drug-likeness (QED) is 0.794. The van der Waals surface area contributed by atoms with E-state index in [0.717, 1.165) is 4.88 Å². The van der Waals surface area contributed by atoms with E-state index in [1.807, 2.05) is 17.5 Å². The first-order valence-electron chi connectivity index (χ1n) is 3.92. The smallest absolute Gasteiger partial charge is 0.375 e. The van der Waals surface area contributed by atoms with Gasteiger partial charge in [-0.25, -0.2) is 9.78 Å². The van der Waals surface area contributed by atoms with Crippen LogP contribution in [0.25, 0.3) is 0 Å². The number of nitrogens with zero attached hydrogens (tertiary/aromatic N) is 2. The molecule has 2 rings (SSSR count). The summed E-state index contributed by atoms with van der Waals surface area (Å²) in [7, 11) is 0. The second-order valence-electron chi connectivity index (χ2n) is 2.67. The number of carbonyl (C=O) groups is 1. The number of H-pyrrole nitrogens is 1. The van der Waals surface area contributed by atoms with Gasteiger partial charge in [-0.05, 0) is 11.4 Å². The van der Waals surface area contributed by atoms with Gasteiger partial charge in [-0.2, -0.15) is 0 Å². The Bertz CT molecular complexity index is 435. The number of hydrogen-bond donors (Lipinski definition) is 2. The van der Waals surface area contributed by atoms with E-state index in [1.54, 1.807) is 11.3 Å². The predicted molar refractivity (Wildman–Crippen MR) is 50.5 cm³/mol. The van der Waals surface area contributed by atoms with E-state index >= 15 is 0 Å². The molecule has 0 aliphatic carbocycles. The molecule has 0 saturated carbocycles. The lowest BCUT2D eigenvalue weighted by atomic mass is 10.3. The van der Waals surface area contributed by atoms with Gasteiger partial charge in [0.15, 0.2) is 0 Å². The van der Waals surface area contributed by atoms with Crippen molar-refractivity contribution in [3.05, 3.63) is 34.0 Å². The molecule has 0 spiro atoms. The van der Waals surface area contributed by atoms with Crippen molar-refractivity contribution in [3.63, 3.8) is 0 Å². The van der Waals surface area contributed by atoms with Crippen LogP contribution in [0.5, 0.6) is 0 Å². The van der Waals surface area contributed by atoms with Gasteiger partial charge in [-0.1, -0.05) is 6.07 Å². The van der Waals surface area contributed by atoms with Crippen LogP contribution in [0.1, 0.15) is 21.3 Å². The molecule has 2 aromatic heterocycles. The van der Waals surface area contributed by atoms with E-state index in [2.05, 4.69) is 15.2 Å². The van der Waals surface area contributed by atoms with Crippen LogP contribution in [-0.4, -0.2) is 26.3 Å². The van der Waals surface area contributed by atoms with Crippen LogP contribution in [0.15, 0.2) is 17.5 Å². The van der Waals surface area contributed by atoms with E-state index in [4.69, 9.17) is 5.11 Å². The number of rotatable bonds is 3. The molecule has 2 N–H and O–H groups in total. The summed E-state index contributed by atoms with van der Waals surface area (Å²) in [4.78, 5) is 15.4. The summed E-state index contributed by atoms with van der Waals surface area (Å²) >= 11 is 1.60. The Morgan fingerprint density at radius 1 is 1.64 bits per heavy atom. The molecular formula is C8H7N3O2S. The number of aromatic nitrogens is 3. The van der Waals surface area contributed by atoms with Crippen molar-refractivity contribution in [2.24, 2.45) is 0 Å². The summed E-state index contributed by atoms with van der Waals surface area (Å²) in [6, 6.07) is 3.90. The molecule has 0 aliphatic heterocycles. The molecular weight excluding hydrogens is 202 g/mol. The lowest BCUT2D eigenvalue weighted by Crippen LogP contribution is -1.98. The van der Waals surface area contributed by atoms with Crippen molar-refractivity contribution < 1.29 is 9.90 Å². The topological polar surface area (TPSA) is 78.9 Å². The summed E-state index contributed by atoms with van der Waals surface area (Å²) in [5.74, 6) is -0.722. The molecule has 6 heteroatoms. The van der Waals surface area contributed by atoms with E-state index < -0.39 is 5.97 Å². The highest BCUT2D eigenvalue weighted by Gasteiger charge is 2.10. The second-order valence-corrected chi connectivity index (χ2v) is 3.70. The highest BCUT2D eigenvalue weighted by molar-refractivity contribution is 7.09. The molecule has 0 aromatic carbocycles. The van der Waals surface area contributed by atoms with Crippen LogP contribution >= 0.6 is 11.3 Å². The number of nitrogens with one attached hydrogen (secondary N) is 1. The number of thiophene rings is 1. The molecule has 2 heterocycles. The van der Waals surface area contributed by atoms with E-state index in [-0.39, 0.29) is 5.82 Å². The average Bonchev–Trinajstić information content (AvgIpc) is 2.75. The first kappa shape index (κ1) is 8.89. The summed E-state index contributed by atoms with van der Waals surface area (Å²) in [5.41, 5.74) is 0. The van der Waals surface area contributed by atoms with E-state index in [9.17, 15) is 4.79 Å². The van der Waals surface area contributed by atoms with Crippen LogP contribution in [0.4, 0.5) is 0 Å². The summed E-state index contributed by atoms with van der Waals surface area (Å²) in [6.45, 7) is 0. The molecule has 0 bridgehead atoms. The molecule has 5 nitrogen and oxygen atoms in total. The number of aromatic carboxylic acids is 1. The van der Waals surface area contributed by atoms with Gasteiger partial charge in [0.25, 0.3) is 5.82 Å². The molecule has 0 aliphatic rings. The predicted octanol–water partition coefficient (Wildman–Crippen LogP) is 1.16. The molecule has 0 radical (unpaired) electrons. The molecule has 0 fully saturated rings. The zero-order valence-electron chi connectivity index (χ0n) is 7.10. The maximum atomic E-state index is 10.5. The van der Waals surface area contributed by atoms with Gasteiger partial charge in [0, 0.05) is 11.3 Å². The first-order chi connectivity index (χ1) is 6.75. The van der Waals surface area contributed by atoms with Gasteiger partial charge in [0.1, 0.15) is 5.82 Å². The van der Waals surface area contributed by atoms with Crippen LogP contribution in [0, 0.1) is 0 Å². The van der Waals surface area contributed by atoms with E-state index in [0.29, 0.717) is 12.2 Å². The summed E-state index contributed by atoms with van der Waals surface area (Å²) < 4.78 is 0. The van der Waals surface area contributed by atoms with Crippen LogP contribution in [0.3, 0.4) is 0 Å². The van der Waals surface area contributed by atoms with Gasteiger partial charge in [-0.3, -0.25) is 5.10 Å². The normalized spacial score (nSPS) is 10.3. The monoisotopic (exact) mass is 209 g/mol.